The number of H-pyrrole nitrogens is 1. The minimum Gasteiger partial charge on any atom is -1.00 e. The maximum atomic E-state index is 4.91. The van der Waals surface area contributed by atoms with Crippen LogP contribution in [0, 0.1) is 13.8 Å². The van der Waals surface area contributed by atoms with Gasteiger partial charge < -0.3 is 42.5 Å². The van der Waals surface area contributed by atoms with Gasteiger partial charge in [0.1, 0.15) is 0 Å². The molecule has 0 saturated carbocycles. The third-order valence-electron chi connectivity index (χ3n) is 5.75. The van der Waals surface area contributed by atoms with E-state index in [1.165, 1.54) is 11.1 Å². The quantitative estimate of drug-likeness (QED) is 0.208. The molecule has 7 rings (SSSR count). The Kier molecular flexibility index (Phi) is 22.5. The van der Waals surface area contributed by atoms with Gasteiger partial charge in [0.15, 0.2) is 12.4 Å². The number of nitrogens with one attached hydrogen (secondary N) is 1. The van der Waals surface area contributed by atoms with Gasteiger partial charge in [0, 0.05) is 61.7 Å². The number of pyridine rings is 3. The molecule has 5 heterocycles. The summed E-state index contributed by atoms with van der Waals surface area (Å²) in [7, 11) is 0. The molecule has 1 N–H and O–H groups in total. The van der Waals surface area contributed by atoms with Gasteiger partial charge in [0.05, 0.1) is 11.4 Å². The second-order valence-electron chi connectivity index (χ2n) is 9.12. The molecular formula is C35H34Cl3N8Rh. The van der Waals surface area contributed by atoms with Crippen LogP contribution in [-0.4, -0.2) is 29.5 Å². The van der Waals surface area contributed by atoms with Crippen molar-refractivity contribution < 1.29 is 61.7 Å². The van der Waals surface area contributed by atoms with Gasteiger partial charge in [0.25, 0.3) is 0 Å². The van der Waals surface area contributed by atoms with Gasteiger partial charge in [-0.25, -0.2) is 14.3 Å². The Hall–Kier alpha value is -4.40. The summed E-state index contributed by atoms with van der Waals surface area (Å²) in [6.45, 7) is 4.13. The van der Waals surface area contributed by atoms with E-state index in [1.807, 2.05) is 113 Å². The maximum absolute atomic E-state index is 4.91. The van der Waals surface area contributed by atoms with Crippen molar-refractivity contribution in [2.24, 2.45) is 0 Å². The SMILES string of the molecule is Cc1ccc([N-]c2ccc(C)cc2-n2cccn2)c(-n2cccn2)c1.[Cl-].[Cl-].[Cl-].[Rh+3].c1cc[nH+]cc1.c1ccncc1.c1ccncc1. The van der Waals surface area contributed by atoms with E-state index in [-0.39, 0.29) is 56.7 Å². The first kappa shape index (κ1) is 42.6. The molecule has 47 heavy (non-hydrogen) atoms. The van der Waals surface area contributed by atoms with Gasteiger partial charge in [-0.2, -0.15) is 10.2 Å². The molecule has 8 nitrogen and oxygen atoms in total. The van der Waals surface area contributed by atoms with Crippen LogP contribution in [0.4, 0.5) is 11.4 Å². The molecule has 0 atom stereocenters. The van der Waals surface area contributed by atoms with Crippen molar-refractivity contribution in [3.8, 4) is 11.4 Å². The Morgan fingerprint density at radius 2 is 0.915 bits per heavy atom. The Balaban J connectivity index is 0.000000787. The number of hydrogen-bond donors (Lipinski definition) is 0. The molecule has 0 amide bonds. The van der Waals surface area contributed by atoms with Crippen LogP contribution in [0.3, 0.4) is 0 Å². The van der Waals surface area contributed by atoms with Crippen molar-refractivity contribution in [1.29, 1.82) is 0 Å². The number of hydrogen-bond acceptors (Lipinski definition) is 4. The second-order valence-corrected chi connectivity index (χ2v) is 9.12. The van der Waals surface area contributed by atoms with Crippen LogP contribution in [0.15, 0.2) is 165 Å². The van der Waals surface area contributed by atoms with Crippen molar-refractivity contribution in [3.63, 3.8) is 0 Å². The summed E-state index contributed by atoms with van der Waals surface area (Å²) in [6, 6.07) is 33.5. The van der Waals surface area contributed by atoms with Crippen molar-refractivity contribution in [1.82, 2.24) is 29.5 Å². The van der Waals surface area contributed by atoms with E-state index in [4.69, 9.17) is 5.32 Å². The summed E-state index contributed by atoms with van der Waals surface area (Å²) >= 11 is 0. The summed E-state index contributed by atoms with van der Waals surface area (Å²) in [6.07, 6.45) is 18.1. The fourth-order valence-corrected chi connectivity index (χ4v) is 3.74. The molecule has 0 fully saturated rings. The van der Waals surface area contributed by atoms with E-state index >= 15 is 0 Å². The van der Waals surface area contributed by atoms with Crippen molar-refractivity contribution in [2.45, 2.75) is 13.8 Å². The summed E-state index contributed by atoms with van der Waals surface area (Å²) in [5, 5.41) is 13.6. The largest absolute Gasteiger partial charge is 3.00 e. The standard InChI is InChI=1S/C20H18N5.3C5H5N.3ClH.Rh/c1-15-5-7-17(19(13-15)24-11-3-9-21-24)23-18-8-6-16(2)14-20(18)25-12-4-10-22-25;3*1-2-4-6-5-3-1;;;;/h3-14H,1-2H3;3*1-5H;3*1H;/q-1;;;;;;;+3/p-2. The van der Waals surface area contributed by atoms with Gasteiger partial charge in [-0.3, -0.25) is 9.97 Å². The molecule has 0 aliphatic heterocycles. The molecule has 7 aromatic rings. The van der Waals surface area contributed by atoms with E-state index in [1.54, 1.807) is 37.2 Å². The molecule has 12 heteroatoms. The zero-order valence-electron chi connectivity index (χ0n) is 25.7. The van der Waals surface area contributed by atoms with Gasteiger partial charge >= 0.3 is 19.5 Å². The van der Waals surface area contributed by atoms with Crippen LogP contribution < -0.4 is 42.2 Å². The van der Waals surface area contributed by atoms with Crippen LogP contribution in [-0.2, 0) is 19.5 Å². The van der Waals surface area contributed by atoms with Gasteiger partial charge in [-0.15, -0.1) is 11.4 Å². The number of nitrogens with zero attached hydrogens (tertiary/aromatic N) is 7. The molecule has 0 aliphatic carbocycles. The number of aromatic nitrogens is 7. The predicted octanol–water partition coefficient (Wildman–Crippen LogP) is -1.31. The van der Waals surface area contributed by atoms with Gasteiger partial charge in [-0.05, 0) is 73.5 Å². The molecule has 0 saturated heterocycles. The Morgan fingerprint density at radius 3 is 1.17 bits per heavy atom. The number of halogens is 3. The first-order valence-corrected chi connectivity index (χ1v) is 13.7. The third-order valence-corrected chi connectivity index (χ3v) is 5.75. The first-order valence-electron chi connectivity index (χ1n) is 13.7. The molecular weight excluding hydrogens is 742 g/mol. The van der Waals surface area contributed by atoms with E-state index in [0.717, 1.165) is 22.7 Å². The zero-order chi connectivity index (χ0) is 30.0. The average molecular weight is 776 g/mol. The topological polar surface area (TPSA) is 89.7 Å². The second kappa shape index (κ2) is 24.8. The molecule has 0 bridgehead atoms. The smallest absolute Gasteiger partial charge is 1.00 e. The van der Waals surface area contributed by atoms with E-state index < -0.39 is 0 Å². The third kappa shape index (κ3) is 15.2. The molecule has 0 spiro atoms. The first-order chi connectivity index (χ1) is 21.2. The zero-order valence-corrected chi connectivity index (χ0v) is 29.6. The van der Waals surface area contributed by atoms with Gasteiger partial charge in [-0.1, -0.05) is 42.5 Å². The summed E-state index contributed by atoms with van der Waals surface area (Å²) < 4.78 is 3.68. The summed E-state index contributed by atoms with van der Waals surface area (Å²) in [5.74, 6) is 0. The molecule has 2 aromatic carbocycles. The van der Waals surface area contributed by atoms with Crippen LogP contribution in [0.1, 0.15) is 11.1 Å². The van der Waals surface area contributed by atoms with Crippen LogP contribution >= 0.6 is 0 Å². The monoisotopic (exact) mass is 774 g/mol. The van der Waals surface area contributed by atoms with E-state index in [2.05, 4.69) is 63.3 Å². The molecule has 0 unspecified atom stereocenters. The summed E-state index contributed by atoms with van der Waals surface area (Å²) in [4.78, 5) is 10.5. The maximum Gasteiger partial charge on any atom is 3.00 e. The van der Waals surface area contributed by atoms with Crippen LogP contribution in [0.2, 0.25) is 0 Å². The number of aromatic amines is 1. The van der Waals surface area contributed by atoms with Gasteiger partial charge in [0.2, 0.25) is 0 Å². The van der Waals surface area contributed by atoms with Crippen molar-refractivity contribution in [2.75, 3.05) is 0 Å². The number of benzene rings is 2. The number of rotatable bonds is 4. The van der Waals surface area contributed by atoms with Crippen molar-refractivity contribution >= 4 is 11.4 Å². The van der Waals surface area contributed by atoms with Crippen molar-refractivity contribution in [3.05, 3.63) is 182 Å². The average Bonchev–Trinajstić information content (AvgIpc) is 3.82. The van der Waals surface area contributed by atoms with Crippen LogP contribution in [0.25, 0.3) is 16.7 Å². The molecule has 244 valence electrons. The van der Waals surface area contributed by atoms with E-state index in [9.17, 15) is 0 Å². The molecule has 0 radical (unpaired) electrons. The predicted molar refractivity (Wildman–Crippen MR) is 171 cm³/mol. The molecule has 0 aliphatic rings. The normalized spacial score (nSPS) is 8.81. The summed E-state index contributed by atoms with van der Waals surface area (Å²) in [5.41, 5.74) is 5.98. The van der Waals surface area contributed by atoms with Crippen LogP contribution in [0.5, 0.6) is 0 Å². The minimum atomic E-state index is 0. The number of aryl methyl sites for hydroxylation is 2. The minimum absolute atomic E-state index is 0. The Bertz CT molecular complexity index is 1470. The molecule has 5 aromatic heterocycles. The Labute approximate surface area is 307 Å². The Morgan fingerprint density at radius 1 is 0.511 bits per heavy atom. The fourth-order valence-electron chi connectivity index (χ4n) is 3.74. The fraction of sp³-hybridized carbons (Fsp3) is 0.0571. The van der Waals surface area contributed by atoms with E-state index in [0.29, 0.717) is 0 Å².